The molecule has 1 heterocycles. The van der Waals surface area contributed by atoms with E-state index in [1.165, 1.54) is 0 Å². The minimum atomic E-state index is -0.905. The van der Waals surface area contributed by atoms with Gasteiger partial charge >= 0.3 is 5.97 Å². The van der Waals surface area contributed by atoms with E-state index in [0.717, 1.165) is 5.69 Å². The van der Waals surface area contributed by atoms with Crippen molar-refractivity contribution in [1.29, 1.82) is 5.26 Å². The fraction of sp³-hybridized carbons (Fsp3) is 0.385. The molecule has 94 valence electrons. The first-order chi connectivity index (χ1) is 8.54. The maximum absolute atomic E-state index is 10.8. The molecule has 1 aromatic rings. The van der Waals surface area contributed by atoms with Crippen LogP contribution in [0.3, 0.4) is 0 Å². The lowest BCUT2D eigenvalue weighted by molar-refractivity contribution is -0.139. The normalized spacial score (nSPS) is 21.7. The molecule has 1 aliphatic heterocycles. The van der Waals surface area contributed by atoms with E-state index in [4.69, 9.17) is 15.1 Å². The molecule has 1 aliphatic rings. The number of ether oxygens (including phenoxy) is 1. The van der Waals surface area contributed by atoms with Crippen molar-refractivity contribution in [2.24, 2.45) is 0 Å². The van der Waals surface area contributed by atoms with Crippen LogP contribution >= 0.6 is 0 Å². The molecule has 0 fully saturated rings. The molecule has 0 bridgehead atoms. The van der Waals surface area contributed by atoms with Crippen LogP contribution in [-0.2, 0) is 4.79 Å². The molecule has 5 heteroatoms. The van der Waals surface area contributed by atoms with Gasteiger partial charge in [-0.1, -0.05) is 6.07 Å². The van der Waals surface area contributed by atoms with Crippen LogP contribution in [0.1, 0.15) is 18.9 Å². The van der Waals surface area contributed by atoms with Gasteiger partial charge in [-0.2, -0.15) is 5.26 Å². The molecule has 0 radical (unpaired) electrons. The Hall–Kier alpha value is -2.22. The number of fused-ring (bicyclic) bond motifs is 1. The van der Waals surface area contributed by atoms with E-state index in [1.807, 2.05) is 24.9 Å². The first-order valence-electron chi connectivity index (χ1n) is 5.69. The van der Waals surface area contributed by atoms with E-state index in [2.05, 4.69) is 6.07 Å². The third-order valence-corrected chi connectivity index (χ3v) is 3.29. The van der Waals surface area contributed by atoms with Crippen molar-refractivity contribution in [1.82, 2.24) is 0 Å². The lowest BCUT2D eigenvalue weighted by Gasteiger charge is -2.39. The number of likely N-dealkylation sites (N-methyl/N-ethyl adjacent to an activating group) is 1. The Bertz CT molecular complexity index is 521. The average molecular weight is 246 g/mol. The van der Waals surface area contributed by atoms with Crippen LogP contribution in [0, 0.1) is 11.3 Å². The van der Waals surface area contributed by atoms with Crippen LogP contribution in [0.4, 0.5) is 5.69 Å². The first-order valence-corrected chi connectivity index (χ1v) is 5.69. The number of hydrogen-bond acceptors (Lipinski definition) is 4. The molecule has 2 rings (SSSR count). The van der Waals surface area contributed by atoms with Crippen LogP contribution < -0.4 is 9.64 Å². The largest absolute Gasteiger partial charge is 0.484 e. The minimum absolute atomic E-state index is 0.0532. The third kappa shape index (κ3) is 1.97. The average Bonchev–Trinajstić information content (AvgIpc) is 2.34. The Balaban J connectivity index is 2.42. The van der Waals surface area contributed by atoms with Crippen LogP contribution in [0.25, 0.3) is 0 Å². The summed E-state index contributed by atoms with van der Waals surface area (Å²) in [7, 11) is 1.88. The quantitative estimate of drug-likeness (QED) is 0.858. The topological polar surface area (TPSA) is 73.6 Å². The van der Waals surface area contributed by atoms with E-state index in [0.29, 0.717) is 11.3 Å². The van der Waals surface area contributed by atoms with E-state index in [9.17, 15) is 4.79 Å². The van der Waals surface area contributed by atoms with Gasteiger partial charge in [0.15, 0.2) is 5.75 Å². The molecule has 0 aromatic heterocycles. The van der Waals surface area contributed by atoms with E-state index in [-0.39, 0.29) is 12.5 Å². The molecule has 0 saturated heterocycles. The fourth-order valence-corrected chi connectivity index (χ4v) is 2.12. The third-order valence-electron chi connectivity index (χ3n) is 3.29. The van der Waals surface area contributed by atoms with Crippen LogP contribution in [0.5, 0.6) is 5.75 Å². The van der Waals surface area contributed by atoms with Crippen molar-refractivity contribution in [3.63, 3.8) is 0 Å². The Morgan fingerprint density at radius 1 is 1.61 bits per heavy atom. The Morgan fingerprint density at radius 3 is 2.94 bits per heavy atom. The monoisotopic (exact) mass is 246 g/mol. The van der Waals surface area contributed by atoms with Crippen molar-refractivity contribution in [3.05, 3.63) is 23.8 Å². The smallest absolute Gasteiger partial charge is 0.307 e. The minimum Gasteiger partial charge on any atom is -0.484 e. The number of carboxylic acid groups (broad SMARTS) is 1. The van der Waals surface area contributed by atoms with Crippen LogP contribution in [-0.4, -0.2) is 30.3 Å². The number of para-hydroxylation sites is 1. The number of aliphatic carboxylic acids is 1. The summed E-state index contributed by atoms with van der Waals surface area (Å²) >= 11 is 0. The van der Waals surface area contributed by atoms with E-state index < -0.39 is 12.1 Å². The van der Waals surface area contributed by atoms with Gasteiger partial charge in [0.2, 0.25) is 0 Å². The second-order valence-corrected chi connectivity index (χ2v) is 4.37. The number of hydrogen-bond donors (Lipinski definition) is 1. The molecule has 1 aromatic carbocycles. The van der Waals surface area contributed by atoms with Crippen molar-refractivity contribution < 1.29 is 14.6 Å². The Kier molecular flexibility index (Phi) is 3.11. The summed E-state index contributed by atoms with van der Waals surface area (Å²) in [4.78, 5) is 12.8. The summed E-state index contributed by atoms with van der Waals surface area (Å²) in [6.07, 6.45) is -0.528. The lowest BCUT2D eigenvalue weighted by Crippen LogP contribution is -2.47. The first kappa shape index (κ1) is 12.2. The molecule has 0 amide bonds. The maximum Gasteiger partial charge on any atom is 0.307 e. The zero-order valence-corrected chi connectivity index (χ0v) is 10.3. The van der Waals surface area contributed by atoms with Gasteiger partial charge < -0.3 is 14.7 Å². The molecule has 2 atom stereocenters. The van der Waals surface area contributed by atoms with Crippen molar-refractivity contribution in [2.45, 2.75) is 25.5 Å². The van der Waals surface area contributed by atoms with Crippen molar-refractivity contribution in [2.75, 3.05) is 11.9 Å². The van der Waals surface area contributed by atoms with Gasteiger partial charge in [0.1, 0.15) is 12.2 Å². The summed E-state index contributed by atoms with van der Waals surface area (Å²) in [5.74, 6) is -0.426. The fourth-order valence-electron chi connectivity index (χ4n) is 2.12. The van der Waals surface area contributed by atoms with Gasteiger partial charge in [0.25, 0.3) is 0 Å². The van der Waals surface area contributed by atoms with Gasteiger partial charge in [-0.05, 0) is 19.1 Å². The predicted octanol–water partition coefficient (Wildman–Crippen LogP) is 1.62. The summed E-state index contributed by atoms with van der Waals surface area (Å²) in [6.45, 7) is 1.91. The molecule has 1 N–H and O–H groups in total. The Morgan fingerprint density at radius 2 is 2.33 bits per heavy atom. The number of carboxylic acids is 1. The number of nitrogens with zero attached hydrogens (tertiary/aromatic N) is 2. The van der Waals surface area contributed by atoms with Crippen molar-refractivity contribution >= 4 is 11.7 Å². The SMILES string of the molecule is CC1C(CC(=O)O)Oc2c(C#N)cccc2N1C. The number of nitriles is 1. The highest BCUT2D eigenvalue weighted by molar-refractivity contribution is 5.70. The second kappa shape index (κ2) is 4.57. The second-order valence-electron chi connectivity index (χ2n) is 4.37. The summed E-state index contributed by atoms with van der Waals surface area (Å²) in [5.41, 5.74) is 1.25. The van der Waals surface area contributed by atoms with Gasteiger partial charge in [0, 0.05) is 7.05 Å². The van der Waals surface area contributed by atoms with E-state index in [1.54, 1.807) is 12.1 Å². The van der Waals surface area contributed by atoms with Gasteiger partial charge in [-0.3, -0.25) is 4.79 Å². The number of anilines is 1. The number of carbonyl (C=O) groups is 1. The zero-order chi connectivity index (χ0) is 13.3. The molecule has 18 heavy (non-hydrogen) atoms. The number of benzene rings is 1. The summed E-state index contributed by atoms with van der Waals surface area (Å²) in [6, 6.07) is 7.34. The van der Waals surface area contributed by atoms with Crippen molar-refractivity contribution in [3.8, 4) is 11.8 Å². The lowest BCUT2D eigenvalue weighted by atomic mass is 10.0. The van der Waals surface area contributed by atoms with Gasteiger partial charge in [-0.15, -0.1) is 0 Å². The summed E-state index contributed by atoms with van der Waals surface area (Å²) in [5, 5.41) is 17.9. The molecule has 5 nitrogen and oxygen atoms in total. The van der Waals surface area contributed by atoms with Crippen LogP contribution in [0.2, 0.25) is 0 Å². The molecule has 0 spiro atoms. The highest BCUT2D eigenvalue weighted by atomic mass is 16.5. The molecular formula is C13H14N2O3. The Labute approximate surface area is 105 Å². The highest BCUT2D eigenvalue weighted by Crippen LogP contribution is 2.38. The van der Waals surface area contributed by atoms with E-state index >= 15 is 0 Å². The zero-order valence-electron chi connectivity index (χ0n) is 10.3. The van der Waals surface area contributed by atoms with Gasteiger partial charge in [0.05, 0.1) is 23.7 Å². The highest BCUT2D eigenvalue weighted by Gasteiger charge is 2.33. The molecule has 0 aliphatic carbocycles. The molecular weight excluding hydrogens is 232 g/mol. The molecule has 2 unspecified atom stereocenters. The van der Waals surface area contributed by atoms with Crippen LogP contribution in [0.15, 0.2) is 18.2 Å². The number of rotatable bonds is 2. The maximum atomic E-state index is 10.8. The molecule has 0 saturated carbocycles. The standard InChI is InChI=1S/C13H14N2O3/c1-8-11(6-12(16)17)18-13-9(7-14)4-3-5-10(13)15(8)2/h3-5,8,11H,6H2,1-2H3,(H,16,17). The summed E-state index contributed by atoms with van der Waals surface area (Å²) < 4.78 is 5.70. The van der Waals surface area contributed by atoms with Gasteiger partial charge in [-0.25, -0.2) is 0 Å². The predicted molar refractivity (Wildman–Crippen MR) is 65.7 cm³/mol.